The Morgan fingerprint density at radius 3 is 2.52 bits per heavy atom. The number of aromatic nitrogens is 3. The SMILES string of the molecule is Cl.O=C(c1cnn(-c2cccc(F)c2)c1C1CCNCC1)N1CCN(c2ccccn2)CC1. The molecule has 174 valence electrons. The van der Waals surface area contributed by atoms with Crippen LogP contribution in [0.15, 0.2) is 54.9 Å². The summed E-state index contributed by atoms with van der Waals surface area (Å²) in [6, 6.07) is 12.3. The van der Waals surface area contributed by atoms with Crippen molar-refractivity contribution in [1.82, 2.24) is 25.0 Å². The van der Waals surface area contributed by atoms with Crippen LogP contribution in [-0.2, 0) is 0 Å². The van der Waals surface area contributed by atoms with Gasteiger partial charge in [-0.3, -0.25) is 4.79 Å². The summed E-state index contributed by atoms with van der Waals surface area (Å²) in [6.45, 7) is 4.54. The number of carbonyl (C=O) groups is 1. The van der Waals surface area contributed by atoms with Gasteiger partial charge in [-0.15, -0.1) is 12.4 Å². The fraction of sp³-hybridized carbons (Fsp3) is 0.375. The molecule has 5 rings (SSSR count). The Bertz CT molecular complexity index is 1080. The van der Waals surface area contributed by atoms with E-state index in [1.165, 1.54) is 12.1 Å². The molecule has 4 heterocycles. The minimum Gasteiger partial charge on any atom is -0.353 e. The minimum absolute atomic E-state index is 0. The molecule has 2 saturated heterocycles. The molecule has 1 aromatic carbocycles. The highest BCUT2D eigenvalue weighted by Gasteiger charge is 2.31. The number of pyridine rings is 1. The molecule has 0 spiro atoms. The topological polar surface area (TPSA) is 66.3 Å². The van der Waals surface area contributed by atoms with Crippen LogP contribution in [0.3, 0.4) is 0 Å². The first-order valence-electron chi connectivity index (χ1n) is 11.2. The normalized spacial score (nSPS) is 17.0. The molecule has 9 heteroatoms. The molecule has 2 aliphatic heterocycles. The second-order valence-corrected chi connectivity index (χ2v) is 8.33. The zero-order chi connectivity index (χ0) is 21.9. The first kappa shape index (κ1) is 23.2. The molecular formula is C24H28ClFN6O. The third kappa shape index (κ3) is 4.86. The van der Waals surface area contributed by atoms with Gasteiger partial charge in [0, 0.05) is 38.3 Å². The summed E-state index contributed by atoms with van der Waals surface area (Å²) in [5.74, 6) is 0.833. The number of hydrogen-bond donors (Lipinski definition) is 1. The van der Waals surface area contributed by atoms with Crippen molar-refractivity contribution in [2.75, 3.05) is 44.2 Å². The van der Waals surface area contributed by atoms with E-state index < -0.39 is 0 Å². The largest absolute Gasteiger partial charge is 0.353 e. The molecule has 3 aromatic rings. The van der Waals surface area contributed by atoms with Gasteiger partial charge in [-0.25, -0.2) is 14.1 Å². The van der Waals surface area contributed by atoms with Crippen LogP contribution in [-0.4, -0.2) is 64.8 Å². The van der Waals surface area contributed by atoms with E-state index in [0.29, 0.717) is 24.3 Å². The highest BCUT2D eigenvalue weighted by Crippen LogP contribution is 2.31. The van der Waals surface area contributed by atoms with E-state index in [1.807, 2.05) is 29.2 Å². The van der Waals surface area contributed by atoms with E-state index in [0.717, 1.165) is 50.5 Å². The summed E-state index contributed by atoms with van der Waals surface area (Å²) in [4.78, 5) is 22.1. The molecule has 0 saturated carbocycles. The predicted molar refractivity (Wildman–Crippen MR) is 128 cm³/mol. The van der Waals surface area contributed by atoms with Crippen molar-refractivity contribution in [2.24, 2.45) is 0 Å². The summed E-state index contributed by atoms with van der Waals surface area (Å²) < 4.78 is 15.7. The number of halogens is 2. The van der Waals surface area contributed by atoms with Crippen molar-refractivity contribution in [3.8, 4) is 5.69 Å². The van der Waals surface area contributed by atoms with Crippen molar-refractivity contribution in [2.45, 2.75) is 18.8 Å². The Kier molecular flexibility index (Phi) is 7.25. The van der Waals surface area contributed by atoms with Crippen molar-refractivity contribution in [3.05, 3.63) is 71.9 Å². The van der Waals surface area contributed by atoms with Gasteiger partial charge in [-0.05, 0) is 56.3 Å². The number of amides is 1. The van der Waals surface area contributed by atoms with Gasteiger partial charge >= 0.3 is 0 Å². The maximum absolute atomic E-state index is 13.9. The van der Waals surface area contributed by atoms with Crippen molar-refractivity contribution in [1.29, 1.82) is 0 Å². The first-order chi connectivity index (χ1) is 15.7. The highest BCUT2D eigenvalue weighted by molar-refractivity contribution is 5.95. The van der Waals surface area contributed by atoms with E-state index in [4.69, 9.17) is 0 Å². The summed E-state index contributed by atoms with van der Waals surface area (Å²) in [5.41, 5.74) is 2.18. The van der Waals surface area contributed by atoms with Crippen LogP contribution in [0.25, 0.3) is 5.69 Å². The summed E-state index contributed by atoms with van der Waals surface area (Å²) in [6.07, 6.45) is 5.30. The Morgan fingerprint density at radius 1 is 1.03 bits per heavy atom. The van der Waals surface area contributed by atoms with Gasteiger partial charge in [0.1, 0.15) is 11.6 Å². The molecule has 2 aromatic heterocycles. The van der Waals surface area contributed by atoms with Gasteiger partial charge in [-0.1, -0.05) is 12.1 Å². The van der Waals surface area contributed by atoms with Crippen LogP contribution < -0.4 is 10.2 Å². The fourth-order valence-corrected chi connectivity index (χ4v) is 4.67. The van der Waals surface area contributed by atoms with E-state index in [-0.39, 0.29) is 30.0 Å². The predicted octanol–water partition coefficient (Wildman–Crippen LogP) is 3.26. The number of benzene rings is 1. The maximum atomic E-state index is 13.9. The number of anilines is 1. The van der Waals surface area contributed by atoms with Gasteiger partial charge in [0.2, 0.25) is 0 Å². The third-order valence-corrected chi connectivity index (χ3v) is 6.36. The second kappa shape index (κ2) is 10.3. The smallest absolute Gasteiger partial charge is 0.257 e. The van der Waals surface area contributed by atoms with Gasteiger partial charge in [-0.2, -0.15) is 5.10 Å². The number of piperazine rings is 1. The molecule has 0 unspecified atom stereocenters. The van der Waals surface area contributed by atoms with Crippen molar-refractivity contribution in [3.63, 3.8) is 0 Å². The summed E-state index contributed by atoms with van der Waals surface area (Å²) in [5, 5.41) is 7.92. The molecular weight excluding hydrogens is 443 g/mol. The fourth-order valence-electron chi connectivity index (χ4n) is 4.67. The van der Waals surface area contributed by atoms with E-state index in [1.54, 1.807) is 23.1 Å². The average Bonchev–Trinajstić information content (AvgIpc) is 3.30. The number of hydrogen-bond acceptors (Lipinski definition) is 5. The summed E-state index contributed by atoms with van der Waals surface area (Å²) >= 11 is 0. The van der Waals surface area contributed by atoms with Gasteiger partial charge in [0.15, 0.2) is 0 Å². The van der Waals surface area contributed by atoms with Crippen LogP contribution >= 0.6 is 12.4 Å². The molecule has 2 aliphatic rings. The monoisotopic (exact) mass is 470 g/mol. The number of nitrogens with one attached hydrogen (secondary N) is 1. The van der Waals surface area contributed by atoms with Crippen LogP contribution in [0.5, 0.6) is 0 Å². The standard InChI is InChI=1S/C24H27FN6O.ClH/c25-19-4-3-5-20(16-19)31-23(18-7-10-26-11-8-18)21(17-28-31)24(32)30-14-12-29(13-15-30)22-6-1-2-9-27-22;/h1-6,9,16-18,26H,7-8,10-15H2;1H. The van der Waals surface area contributed by atoms with E-state index in [9.17, 15) is 9.18 Å². The number of piperidine rings is 1. The van der Waals surface area contributed by atoms with E-state index in [2.05, 4.69) is 20.3 Å². The quantitative estimate of drug-likeness (QED) is 0.634. The zero-order valence-corrected chi connectivity index (χ0v) is 19.2. The van der Waals surface area contributed by atoms with E-state index >= 15 is 0 Å². The van der Waals surface area contributed by atoms with Crippen molar-refractivity contribution < 1.29 is 9.18 Å². The Labute approximate surface area is 199 Å². The van der Waals surface area contributed by atoms with Gasteiger partial charge in [0.25, 0.3) is 5.91 Å². The molecule has 33 heavy (non-hydrogen) atoms. The Balaban J connectivity index is 0.00000259. The lowest BCUT2D eigenvalue weighted by Gasteiger charge is -2.35. The van der Waals surface area contributed by atoms with Crippen molar-refractivity contribution >= 4 is 24.1 Å². The average molecular weight is 471 g/mol. The Hall–Kier alpha value is -2.97. The number of nitrogens with zero attached hydrogens (tertiary/aromatic N) is 5. The number of carbonyl (C=O) groups excluding carboxylic acids is 1. The molecule has 7 nitrogen and oxygen atoms in total. The maximum Gasteiger partial charge on any atom is 0.257 e. The molecule has 0 aliphatic carbocycles. The zero-order valence-electron chi connectivity index (χ0n) is 18.4. The van der Waals surface area contributed by atoms with Crippen LogP contribution in [0.4, 0.5) is 10.2 Å². The minimum atomic E-state index is -0.312. The lowest BCUT2D eigenvalue weighted by atomic mass is 9.91. The second-order valence-electron chi connectivity index (χ2n) is 8.33. The van der Waals surface area contributed by atoms with Crippen LogP contribution in [0.1, 0.15) is 34.8 Å². The number of rotatable bonds is 4. The van der Waals surface area contributed by atoms with Crippen LogP contribution in [0, 0.1) is 5.82 Å². The Morgan fingerprint density at radius 2 is 1.82 bits per heavy atom. The van der Waals surface area contributed by atoms with Crippen LogP contribution in [0.2, 0.25) is 0 Å². The molecule has 0 atom stereocenters. The van der Waals surface area contributed by atoms with Gasteiger partial charge in [0.05, 0.1) is 23.1 Å². The molecule has 0 radical (unpaired) electrons. The molecule has 1 N–H and O–H groups in total. The lowest BCUT2D eigenvalue weighted by Crippen LogP contribution is -2.49. The molecule has 1 amide bonds. The first-order valence-corrected chi connectivity index (χ1v) is 11.2. The van der Waals surface area contributed by atoms with Gasteiger partial charge < -0.3 is 15.1 Å². The molecule has 0 bridgehead atoms. The molecule has 2 fully saturated rings. The highest BCUT2D eigenvalue weighted by atomic mass is 35.5. The summed E-state index contributed by atoms with van der Waals surface area (Å²) in [7, 11) is 0. The third-order valence-electron chi connectivity index (χ3n) is 6.36. The lowest BCUT2D eigenvalue weighted by molar-refractivity contribution is 0.0744.